The Morgan fingerprint density at radius 2 is 1.86 bits per heavy atom. The minimum Gasteiger partial charge on any atom is -0.477 e. The van der Waals surface area contributed by atoms with Crippen LogP contribution in [0.3, 0.4) is 0 Å². The third-order valence-corrected chi connectivity index (χ3v) is 5.80. The largest absolute Gasteiger partial charge is 0.477 e. The molecule has 1 aromatic heterocycles. The number of amides is 1. The summed E-state index contributed by atoms with van der Waals surface area (Å²) < 4.78 is 32.3. The number of hydrogen-bond acceptors (Lipinski definition) is 6. The zero-order valence-electron chi connectivity index (χ0n) is 15.0. The molecule has 3 N–H and O–H groups in total. The van der Waals surface area contributed by atoms with E-state index in [9.17, 15) is 23.1 Å². The van der Waals surface area contributed by atoms with Crippen molar-refractivity contribution in [2.24, 2.45) is 0 Å². The topological polar surface area (TPSA) is 127 Å². The van der Waals surface area contributed by atoms with E-state index in [1.165, 1.54) is 6.07 Å². The second-order valence-electron chi connectivity index (χ2n) is 6.41. The van der Waals surface area contributed by atoms with E-state index in [4.69, 9.17) is 4.74 Å². The molecule has 0 bridgehead atoms. The SMILES string of the molecule is O=C(NS(=O)(=O)n1ccc(C2CCNCC2)c1C(=O)O)OCc1ccccc1. The van der Waals surface area contributed by atoms with E-state index in [0.717, 1.165) is 19.3 Å². The lowest BCUT2D eigenvalue weighted by atomic mass is 9.90. The van der Waals surface area contributed by atoms with Crippen LogP contribution in [0.5, 0.6) is 0 Å². The summed E-state index contributed by atoms with van der Waals surface area (Å²) in [6.45, 7) is 1.34. The van der Waals surface area contributed by atoms with Crippen molar-refractivity contribution < 1.29 is 27.9 Å². The van der Waals surface area contributed by atoms with Crippen molar-refractivity contribution in [2.75, 3.05) is 13.1 Å². The Kier molecular flexibility index (Phi) is 6.00. The molecule has 3 rings (SSSR count). The number of ether oxygens (including phenoxy) is 1. The van der Waals surface area contributed by atoms with E-state index in [2.05, 4.69) is 5.32 Å². The molecule has 1 saturated heterocycles. The Hall–Kier alpha value is -2.85. The summed E-state index contributed by atoms with van der Waals surface area (Å²) >= 11 is 0. The second kappa shape index (κ2) is 8.44. The van der Waals surface area contributed by atoms with Crippen LogP contribution < -0.4 is 10.0 Å². The third kappa shape index (κ3) is 4.52. The lowest BCUT2D eigenvalue weighted by Gasteiger charge is -2.22. The molecule has 10 heteroatoms. The minimum atomic E-state index is -4.46. The maximum Gasteiger partial charge on any atom is 0.422 e. The van der Waals surface area contributed by atoms with Crippen molar-refractivity contribution in [3.05, 3.63) is 59.4 Å². The zero-order chi connectivity index (χ0) is 20.1. The Bertz CT molecular complexity index is 949. The molecule has 1 fully saturated rings. The number of rotatable bonds is 6. The quantitative estimate of drug-likeness (QED) is 0.665. The van der Waals surface area contributed by atoms with Crippen LogP contribution >= 0.6 is 0 Å². The molecular formula is C18H21N3O6S. The molecule has 150 valence electrons. The van der Waals surface area contributed by atoms with Crippen LogP contribution in [0, 0.1) is 0 Å². The summed E-state index contributed by atoms with van der Waals surface area (Å²) in [5.74, 6) is -1.43. The van der Waals surface area contributed by atoms with Crippen molar-refractivity contribution in [3.63, 3.8) is 0 Å². The maximum atomic E-state index is 12.6. The summed E-state index contributed by atoms with van der Waals surface area (Å²) in [4.78, 5) is 23.7. The smallest absolute Gasteiger partial charge is 0.422 e. The van der Waals surface area contributed by atoms with E-state index in [1.54, 1.807) is 35.1 Å². The fraction of sp³-hybridized carbons (Fsp3) is 0.333. The van der Waals surface area contributed by atoms with E-state index in [-0.39, 0.29) is 18.2 Å². The van der Waals surface area contributed by atoms with E-state index < -0.39 is 22.3 Å². The molecular weight excluding hydrogens is 386 g/mol. The number of nitrogens with zero attached hydrogens (tertiary/aromatic N) is 1. The van der Waals surface area contributed by atoms with Crippen LogP contribution in [-0.4, -0.2) is 42.6 Å². The van der Waals surface area contributed by atoms with Crippen molar-refractivity contribution in [1.82, 2.24) is 14.0 Å². The summed E-state index contributed by atoms with van der Waals surface area (Å²) in [6.07, 6.45) is 1.37. The Balaban J connectivity index is 1.76. The van der Waals surface area contributed by atoms with Crippen LogP contribution in [0.1, 0.15) is 40.4 Å². The molecule has 1 aliphatic rings. The molecule has 1 aromatic carbocycles. The van der Waals surface area contributed by atoms with Gasteiger partial charge in [-0.3, -0.25) is 0 Å². The molecule has 2 heterocycles. The van der Waals surface area contributed by atoms with Gasteiger partial charge in [-0.1, -0.05) is 30.3 Å². The lowest BCUT2D eigenvalue weighted by molar-refractivity contribution is 0.0686. The molecule has 1 aliphatic heterocycles. The number of piperidine rings is 1. The predicted molar refractivity (Wildman–Crippen MR) is 100 cm³/mol. The van der Waals surface area contributed by atoms with Gasteiger partial charge in [0.25, 0.3) is 0 Å². The van der Waals surface area contributed by atoms with Gasteiger partial charge >= 0.3 is 22.3 Å². The maximum absolute atomic E-state index is 12.6. The molecule has 0 radical (unpaired) electrons. The fourth-order valence-corrected chi connectivity index (χ4v) is 4.23. The Morgan fingerprint density at radius 1 is 1.18 bits per heavy atom. The van der Waals surface area contributed by atoms with Crippen LogP contribution in [0.15, 0.2) is 42.6 Å². The zero-order valence-corrected chi connectivity index (χ0v) is 15.8. The first kappa shape index (κ1) is 19.9. The first-order valence-electron chi connectivity index (χ1n) is 8.78. The van der Waals surface area contributed by atoms with Crippen LogP contribution in [0.4, 0.5) is 4.79 Å². The fourth-order valence-electron chi connectivity index (χ4n) is 3.22. The summed E-state index contributed by atoms with van der Waals surface area (Å²) in [6, 6.07) is 10.2. The number of carboxylic acids is 1. The van der Waals surface area contributed by atoms with E-state index in [1.807, 2.05) is 0 Å². The van der Waals surface area contributed by atoms with Gasteiger partial charge in [-0.05, 0) is 49.0 Å². The van der Waals surface area contributed by atoms with Crippen LogP contribution in [0.25, 0.3) is 0 Å². The average molecular weight is 407 g/mol. The summed E-state index contributed by atoms with van der Waals surface area (Å²) in [5, 5.41) is 12.7. The second-order valence-corrected chi connectivity index (χ2v) is 7.96. The van der Waals surface area contributed by atoms with Gasteiger partial charge in [0.15, 0.2) is 0 Å². The standard InChI is InChI=1S/C18H21N3O6S/c22-17(23)16-15(14-6-9-19-10-7-14)8-11-21(16)28(25,26)20-18(24)27-12-13-4-2-1-3-5-13/h1-5,8,11,14,19H,6-7,9-10,12H2,(H,20,24)(H,22,23). The van der Waals surface area contributed by atoms with Gasteiger partial charge in [-0.15, -0.1) is 0 Å². The summed E-state index contributed by atoms with van der Waals surface area (Å²) in [5.41, 5.74) is 0.766. The number of hydrogen-bond donors (Lipinski definition) is 3. The Morgan fingerprint density at radius 3 is 2.50 bits per heavy atom. The average Bonchev–Trinajstić information content (AvgIpc) is 3.14. The van der Waals surface area contributed by atoms with Crippen molar-refractivity contribution in [3.8, 4) is 0 Å². The number of nitrogens with one attached hydrogen (secondary N) is 2. The number of carbonyl (C=O) groups excluding carboxylic acids is 1. The highest BCUT2D eigenvalue weighted by Gasteiger charge is 2.30. The predicted octanol–water partition coefficient (Wildman–Crippen LogP) is 1.67. The number of aromatic carboxylic acids is 1. The van der Waals surface area contributed by atoms with E-state index >= 15 is 0 Å². The highest BCUT2D eigenvalue weighted by Crippen LogP contribution is 2.29. The molecule has 28 heavy (non-hydrogen) atoms. The number of aromatic nitrogens is 1. The normalized spacial score (nSPS) is 15.1. The molecule has 0 spiro atoms. The van der Waals surface area contributed by atoms with Crippen LogP contribution in [0.2, 0.25) is 0 Å². The van der Waals surface area contributed by atoms with Gasteiger partial charge in [0.2, 0.25) is 0 Å². The highest BCUT2D eigenvalue weighted by atomic mass is 32.2. The lowest BCUT2D eigenvalue weighted by Crippen LogP contribution is -2.37. The van der Waals surface area contributed by atoms with Crippen molar-refractivity contribution in [1.29, 1.82) is 0 Å². The molecule has 9 nitrogen and oxygen atoms in total. The number of carbonyl (C=O) groups is 2. The minimum absolute atomic E-state index is 0.0613. The molecule has 1 amide bonds. The van der Waals surface area contributed by atoms with E-state index in [0.29, 0.717) is 27.9 Å². The summed E-state index contributed by atoms with van der Waals surface area (Å²) in [7, 11) is -4.46. The van der Waals surface area contributed by atoms with Gasteiger partial charge in [-0.25, -0.2) is 18.3 Å². The van der Waals surface area contributed by atoms with Gasteiger partial charge < -0.3 is 15.2 Å². The molecule has 0 saturated carbocycles. The van der Waals surface area contributed by atoms with Gasteiger partial charge in [-0.2, -0.15) is 8.42 Å². The monoisotopic (exact) mass is 407 g/mol. The first-order chi connectivity index (χ1) is 13.4. The van der Waals surface area contributed by atoms with Crippen molar-refractivity contribution >= 4 is 22.3 Å². The molecule has 0 aliphatic carbocycles. The molecule has 0 atom stereocenters. The molecule has 2 aromatic rings. The molecule has 0 unspecified atom stereocenters. The van der Waals surface area contributed by atoms with Gasteiger partial charge in [0.05, 0.1) is 0 Å². The first-order valence-corrected chi connectivity index (χ1v) is 10.2. The Labute approximate surface area is 162 Å². The highest BCUT2D eigenvalue weighted by molar-refractivity contribution is 7.88. The number of benzene rings is 1. The van der Waals surface area contributed by atoms with Gasteiger partial charge in [0.1, 0.15) is 12.3 Å². The van der Waals surface area contributed by atoms with Crippen LogP contribution in [-0.2, 0) is 21.6 Å². The third-order valence-electron chi connectivity index (χ3n) is 4.55. The number of carboxylic acid groups (broad SMARTS) is 1. The van der Waals surface area contributed by atoms with Crippen molar-refractivity contribution in [2.45, 2.75) is 25.4 Å². The van der Waals surface area contributed by atoms with Gasteiger partial charge in [0, 0.05) is 6.20 Å².